The predicted molar refractivity (Wildman–Crippen MR) is 80.9 cm³/mol. The van der Waals surface area contributed by atoms with E-state index >= 15 is 0 Å². The van der Waals surface area contributed by atoms with Crippen LogP contribution >= 0.6 is 35.0 Å². The topological polar surface area (TPSA) is 72.2 Å². The second-order valence-corrected chi connectivity index (χ2v) is 6.42. The number of benzene rings is 1. The summed E-state index contributed by atoms with van der Waals surface area (Å²) in [5.41, 5.74) is -0.211. The molecule has 1 amide bonds. The van der Waals surface area contributed by atoms with Crippen LogP contribution in [0.1, 0.15) is 16.8 Å². The fourth-order valence-electron chi connectivity index (χ4n) is 1.92. The summed E-state index contributed by atoms with van der Waals surface area (Å²) in [5, 5.41) is 13.5. The number of nitro benzene ring substituents is 1. The molecular weight excluding hydrogens is 323 g/mol. The van der Waals surface area contributed by atoms with Gasteiger partial charge in [-0.15, -0.1) is 0 Å². The first-order valence-electron chi connectivity index (χ1n) is 5.98. The third kappa shape index (κ3) is 3.56. The molecule has 108 valence electrons. The molecule has 1 aromatic rings. The Morgan fingerprint density at radius 3 is 2.85 bits per heavy atom. The summed E-state index contributed by atoms with van der Waals surface area (Å²) in [6, 6.07) is 2.49. The third-order valence-electron chi connectivity index (χ3n) is 3.04. The molecule has 1 atom stereocenters. The van der Waals surface area contributed by atoms with Gasteiger partial charge < -0.3 is 5.32 Å². The number of carbonyl (C=O) groups excluding carboxylic acids is 1. The number of carbonyl (C=O) groups is 1. The van der Waals surface area contributed by atoms with Crippen LogP contribution in [0.25, 0.3) is 0 Å². The van der Waals surface area contributed by atoms with Gasteiger partial charge in [-0.2, -0.15) is 11.8 Å². The molecule has 1 aromatic carbocycles. The zero-order chi connectivity index (χ0) is 14.7. The lowest BCUT2D eigenvalue weighted by Crippen LogP contribution is -2.29. The Morgan fingerprint density at radius 1 is 1.50 bits per heavy atom. The third-order valence-corrected chi connectivity index (χ3v) is 5.07. The maximum absolute atomic E-state index is 12.0. The Labute approximate surface area is 130 Å². The van der Waals surface area contributed by atoms with E-state index in [1.165, 1.54) is 6.07 Å². The van der Waals surface area contributed by atoms with Gasteiger partial charge in [0.2, 0.25) is 0 Å². The first-order valence-corrected chi connectivity index (χ1v) is 7.89. The van der Waals surface area contributed by atoms with Crippen molar-refractivity contribution in [3.63, 3.8) is 0 Å². The number of nitrogens with zero attached hydrogens (tertiary/aromatic N) is 1. The predicted octanol–water partition coefficient (Wildman–Crippen LogP) is 3.38. The van der Waals surface area contributed by atoms with Gasteiger partial charge in [0.25, 0.3) is 11.6 Å². The normalized spacial score (nSPS) is 18.0. The summed E-state index contributed by atoms with van der Waals surface area (Å²) in [4.78, 5) is 22.2. The van der Waals surface area contributed by atoms with E-state index in [0.29, 0.717) is 12.5 Å². The van der Waals surface area contributed by atoms with E-state index < -0.39 is 4.92 Å². The lowest BCUT2D eigenvalue weighted by atomic mass is 10.1. The second-order valence-electron chi connectivity index (χ2n) is 4.49. The Kier molecular flexibility index (Phi) is 5.12. The number of nitro groups is 1. The number of amides is 1. The van der Waals surface area contributed by atoms with E-state index in [1.807, 2.05) is 11.8 Å². The zero-order valence-electron chi connectivity index (χ0n) is 10.4. The second kappa shape index (κ2) is 6.65. The van der Waals surface area contributed by atoms with Gasteiger partial charge in [-0.25, -0.2) is 0 Å². The Balaban J connectivity index is 2.11. The molecule has 2 rings (SSSR count). The summed E-state index contributed by atoms with van der Waals surface area (Å²) in [7, 11) is 0. The molecule has 1 saturated heterocycles. The Bertz CT molecular complexity index is 548. The average Bonchev–Trinajstić information content (AvgIpc) is 2.91. The van der Waals surface area contributed by atoms with Gasteiger partial charge in [0.05, 0.1) is 9.95 Å². The van der Waals surface area contributed by atoms with Crippen molar-refractivity contribution in [3.8, 4) is 0 Å². The van der Waals surface area contributed by atoms with Crippen molar-refractivity contribution in [3.05, 3.63) is 37.9 Å². The van der Waals surface area contributed by atoms with Gasteiger partial charge in [-0.1, -0.05) is 23.2 Å². The number of thioether (sulfide) groups is 1. The molecule has 1 N–H and O–H groups in total. The molecule has 1 aliphatic heterocycles. The van der Waals surface area contributed by atoms with Crippen LogP contribution in [0.4, 0.5) is 5.69 Å². The van der Waals surface area contributed by atoms with Crippen molar-refractivity contribution in [1.82, 2.24) is 5.32 Å². The molecule has 0 bridgehead atoms. The minimum Gasteiger partial charge on any atom is -0.352 e. The lowest BCUT2D eigenvalue weighted by Gasteiger charge is -2.10. The molecule has 1 fully saturated rings. The van der Waals surface area contributed by atoms with Crippen LogP contribution in [-0.2, 0) is 0 Å². The highest BCUT2D eigenvalue weighted by molar-refractivity contribution is 7.99. The van der Waals surface area contributed by atoms with Crippen LogP contribution in [0.3, 0.4) is 0 Å². The fourth-order valence-corrected chi connectivity index (χ4v) is 3.60. The van der Waals surface area contributed by atoms with E-state index in [1.54, 1.807) is 0 Å². The molecule has 5 nitrogen and oxygen atoms in total. The van der Waals surface area contributed by atoms with Gasteiger partial charge in [-0.3, -0.25) is 14.9 Å². The highest BCUT2D eigenvalue weighted by Gasteiger charge is 2.21. The van der Waals surface area contributed by atoms with Crippen LogP contribution < -0.4 is 5.32 Å². The van der Waals surface area contributed by atoms with Gasteiger partial charge in [-0.05, 0) is 29.9 Å². The minimum atomic E-state index is -0.654. The molecule has 0 aliphatic carbocycles. The lowest BCUT2D eigenvalue weighted by molar-refractivity contribution is -0.384. The number of halogens is 2. The number of hydrogen-bond donors (Lipinski definition) is 1. The molecule has 0 spiro atoms. The van der Waals surface area contributed by atoms with Gasteiger partial charge in [0, 0.05) is 18.2 Å². The van der Waals surface area contributed by atoms with E-state index in [2.05, 4.69) is 5.32 Å². The summed E-state index contributed by atoms with van der Waals surface area (Å²) >= 11 is 13.4. The largest absolute Gasteiger partial charge is 0.352 e. The van der Waals surface area contributed by atoms with E-state index in [-0.39, 0.29) is 27.2 Å². The SMILES string of the molecule is O=C(NCC1CCSC1)c1cc(Cl)c(Cl)c([N+](=O)[O-])c1. The summed E-state index contributed by atoms with van der Waals surface area (Å²) < 4.78 is 0. The monoisotopic (exact) mass is 334 g/mol. The fraction of sp³-hybridized carbons (Fsp3) is 0.417. The summed E-state index contributed by atoms with van der Waals surface area (Å²) in [6.45, 7) is 0.569. The number of hydrogen-bond acceptors (Lipinski definition) is 4. The number of nitrogens with one attached hydrogen (secondary N) is 1. The molecule has 0 radical (unpaired) electrons. The van der Waals surface area contributed by atoms with Gasteiger partial charge in [0.1, 0.15) is 5.02 Å². The van der Waals surface area contributed by atoms with Crippen molar-refractivity contribution >= 4 is 46.6 Å². The van der Waals surface area contributed by atoms with Gasteiger partial charge in [0.15, 0.2) is 0 Å². The molecule has 20 heavy (non-hydrogen) atoms. The number of rotatable bonds is 4. The first-order chi connectivity index (χ1) is 9.49. The van der Waals surface area contributed by atoms with E-state index in [9.17, 15) is 14.9 Å². The molecule has 1 aliphatic rings. The van der Waals surface area contributed by atoms with Crippen LogP contribution in [0.15, 0.2) is 12.1 Å². The Hall–Kier alpha value is -0.980. The van der Waals surface area contributed by atoms with Crippen LogP contribution in [0.5, 0.6) is 0 Å². The van der Waals surface area contributed by atoms with Crippen LogP contribution in [0.2, 0.25) is 10.0 Å². The van der Waals surface area contributed by atoms with Crippen molar-refractivity contribution < 1.29 is 9.72 Å². The average molecular weight is 335 g/mol. The molecule has 1 unspecified atom stereocenters. The molecule has 8 heteroatoms. The maximum atomic E-state index is 12.0. The highest BCUT2D eigenvalue weighted by Crippen LogP contribution is 2.33. The summed E-state index contributed by atoms with van der Waals surface area (Å²) in [6.07, 6.45) is 1.08. The van der Waals surface area contributed by atoms with Crippen molar-refractivity contribution in [2.75, 3.05) is 18.1 Å². The van der Waals surface area contributed by atoms with E-state index in [4.69, 9.17) is 23.2 Å². The van der Waals surface area contributed by atoms with E-state index in [0.717, 1.165) is 24.0 Å². The Morgan fingerprint density at radius 2 is 2.25 bits per heavy atom. The van der Waals surface area contributed by atoms with Crippen molar-refractivity contribution in [1.29, 1.82) is 0 Å². The first kappa shape index (κ1) is 15.4. The molecular formula is C12H12Cl2N2O3S. The smallest absolute Gasteiger partial charge is 0.290 e. The van der Waals surface area contributed by atoms with Gasteiger partial charge >= 0.3 is 0 Å². The molecule has 0 aromatic heterocycles. The van der Waals surface area contributed by atoms with Crippen molar-refractivity contribution in [2.45, 2.75) is 6.42 Å². The molecule has 1 heterocycles. The highest BCUT2D eigenvalue weighted by atomic mass is 35.5. The quantitative estimate of drug-likeness (QED) is 0.676. The van der Waals surface area contributed by atoms with Crippen molar-refractivity contribution in [2.24, 2.45) is 5.92 Å². The van der Waals surface area contributed by atoms with Crippen LogP contribution in [0, 0.1) is 16.0 Å². The maximum Gasteiger partial charge on any atom is 0.290 e. The zero-order valence-corrected chi connectivity index (χ0v) is 12.7. The summed E-state index contributed by atoms with van der Waals surface area (Å²) in [5.74, 6) is 2.23. The standard InChI is InChI=1S/C12H12Cl2N2O3S/c13-9-3-8(4-10(11(9)14)16(18)19)12(17)15-5-7-1-2-20-6-7/h3-4,7H,1-2,5-6H2,(H,15,17). The molecule has 0 saturated carbocycles. The minimum absolute atomic E-state index is 0.00226. The van der Waals surface area contributed by atoms with Crippen LogP contribution in [-0.4, -0.2) is 28.9 Å².